The van der Waals surface area contributed by atoms with E-state index in [2.05, 4.69) is 5.32 Å². The zero-order valence-electron chi connectivity index (χ0n) is 12.1. The number of nitrogens with one attached hydrogen (secondary N) is 1. The zero-order chi connectivity index (χ0) is 15.3. The van der Waals surface area contributed by atoms with E-state index in [4.69, 9.17) is 9.84 Å². The third-order valence-corrected chi connectivity index (χ3v) is 3.11. The van der Waals surface area contributed by atoms with E-state index in [0.717, 1.165) is 11.3 Å². The number of amides is 2. The lowest BCUT2D eigenvalue weighted by molar-refractivity contribution is -0.141. The Morgan fingerprint density at radius 2 is 2.10 bits per heavy atom. The van der Waals surface area contributed by atoms with Gasteiger partial charge in [-0.25, -0.2) is 9.59 Å². The number of nitrogens with zero attached hydrogens (tertiary/aromatic N) is 1. The van der Waals surface area contributed by atoms with Crippen molar-refractivity contribution in [2.45, 2.75) is 26.3 Å². The molecule has 1 aromatic rings. The highest BCUT2D eigenvalue weighted by molar-refractivity contribution is 5.92. The molecule has 0 aromatic heterocycles. The molecule has 0 bridgehead atoms. The molecule has 110 valence electrons. The van der Waals surface area contributed by atoms with Gasteiger partial charge in [-0.3, -0.25) is 0 Å². The molecular formula is C14H20N2O4. The molecule has 0 saturated heterocycles. The fraction of sp³-hybridized carbons (Fsp3) is 0.429. The second-order valence-corrected chi connectivity index (χ2v) is 4.49. The number of hydrogen-bond donors (Lipinski definition) is 2. The van der Waals surface area contributed by atoms with Gasteiger partial charge in [0.1, 0.15) is 11.8 Å². The second-order valence-electron chi connectivity index (χ2n) is 4.49. The molecule has 1 aromatic carbocycles. The van der Waals surface area contributed by atoms with E-state index < -0.39 is 18.0 Å². The van der Waals surface area contributed by atoms with Gasteiger partial charge >= 0.3 is 12.0 Å². The number of aliphatic carboxylic acids is 1. The van der Waals surface area contributed by atoms with E-state index in [-0.39, 0.29) is 0 Å². The molecule has 1 unspecified atom stereocenters. The van der Waals surface area contributed by atoms with Crippen molar-refractivity contribution in [1.29, 1.82) is 0 Å². The molecule has 0 radical (unpaired) electrons. The SMILES string of the molecule is CCC(C(=O)O)N(C)C(=O)Nc1ccc(OC)c(C)c1. The van der Waals surface area contributed by atoms with Crippen molar-refractivity contribution in [2.24, 2.45) is 0 Å². The van der Waals surface area contributed by atoms with Gasteiger partial charge in [-0.1, -0.05) is 6.92 Å². The summed E-state index contributed by atoms with van der Waals surface area (Å²) in [5.41, 5.74) is 1.48. The van der Waals surface area contributed by atoms with Gasteiger partial charge in [0, 0.05) is 12.7 Å². The van der Waals surface area contributed by atoms with Crippen LogP contribution in [0.1, 0.15) is 18.9 Å². The van der Waals surface area contributed by atoms with Gasteiger partial charge in [-0.2, -0.15) is 0 Å². The molecule has 0 heterocycles. The number of likely N-dealkylation sites (N-methyl/N-ethyl adjacent to an activating group) is 1. The number of carbonyl (C=O) groups is 2. The second kappa shape index (κ2) is 6.79. The predicted octanol–water partition coefficient (Wildman–Crippen LogP) is 2.33. The maximum absolute atomic E-state index is 12.0. The molecule has 2 N–H and O–H groups in total. The first-order chi connectivity index (χ1) is 9.40. The molecule has 0 saturated carbocycles. The van der Waals surface area contributed by atoms with E-state index in [1.165, 1.54) is 11.9 Å². The lowest BCUT2D eigenvalue weighted by Crippen LogP contribution is -2.44. The van der Waals surface area contributed by atoms with Gasteiger partial charge in [0.15, 0.2) is 0 Å². The third kappa shape index (κ3) is 3.63. The van der Waals surface area contributed by atoms with E-state index in [1.54, 1.807) is 32.2 Å². The minimum absolute atomic E-state index is 0.348. The average Bonchev–Trinajstić information content (AvgIpc) is 2.39. The van der Waals surface area contributed by atoms with Crippen LogP contribution in [0.3, 0.4) is 0 Å². The summed E-state index contributed by atoms with van der Waals surface area (Å²) < 4.78 is 5.14. The first-order valence-electron chi connectivity index (χ1n) is 6.32. The van der Waals surface area contributed by atoms with Crippen LogP contribution in [0.2, 0.25) is 0 Å². The molecule has 0 aliphatic heterocycles. The Hall–Kier alpha value is -2.24. The summed E-state index contributed by atoms with van der Waals surface area (Å²) in [6.07, 6.45) is 0.348. The van der Waals surface area contributed by atoms with Crippen LogP contribution >= 0.6 is 0 Å². The quantitative estimate of drug-likeness (QED) is 0.867. The third-order valence-electron chi connectivity index (χ3n) is 3.11. The van der Waals surface area contributed by atoms with Crippen LogP contribution in [0.25, 0.3) is 0 Å². The minimum Gasteiger partial charge on any atom is -0.496 e. The fourth-order valence-electron chi connectivity index (χ4n) is 1.92. The van der Waals surface area contributed by atoms with Crippen molar-refractivity contribution in [3.05, 3.63) is 23.8 Å². The number of hydrogen-bond acceptors (Lipinski definition) is 3. The molecule has 6 heteroatoms. The number of aryl methyl sites for hydroxylation is 1. The van der Waals surface area contributed by atoms with Gasteiger partial charge in [-0.05, 0) is 37.1 Å². The van der Waals surface area contributed by atoms with Crippen LogP contribution in [0, 0.1) is 6.92 Å². The summed E-state index contributed by atoms with van der Waals surface area (Å²) in [5.74, 6) is -0.288. The molecule has 2 amide bonds. The average molecular weight is 280 g/mol. The number of urea groups is 1. The molecule has 0 spiro atoms. The highest BCUT2D eigenvalue weighted by Gasteiger charge is 2.24. The van der Waals surface area contributed by atoms with Crippen molar-refractivity contribution in [3.8, 4) is 5.75 Å². The smallest absolute Gasteiger partial charge is 0.326 e. The Morgan fingerprint density at radius 1 is 1.45 bits per heavy atom. The lowest BCUT2D eigenvalue weighted by Gasteiger charge is -2.24. The van der Waals surface area contributed by atoms with Crippen molar-refractivity contribution in [2.75, 3.05) is 19.5 Å². The van der Waals surface area contributed by atoms with Crippen LogP contribution in [0.4, 0.5) is 10.5 Å². The Kier molecular flexibility index (Phi) is 5.37. The zero-order valence-corrected chi connectivity index (χ0v) is 12.1. The number of carbonyl (C=O) groups excluding carboxylic acids is 1. The van der Waals surface area contributed by atoms with Crippen LogP contribution in [-0.2, 0) is 4.79 Å². The van der Waals surface area contributed by atoms with Crippen LogP contribution < -0.4 is 10.1 Å². The van der Waals surface area contributed by atoms with Crippen LogP contribution in [0.5, 0.6) is 5.75 Å². The summed E-state index contributed by atoms with van der Waals surface area (Å²) in [7, 11) is 3.04. The van der Waals surface area contributed by atoms with Crippen molar-refractivity contribution in [1.82, 2.24) is 4.90 Å². The van der Waals surface area contributed by atoms with Gasteiger partial charge in [0.05, 0.1) is 7.11 Å². The molecule has 20 heavy (non-hydrogen) atoms. The summed E-state index contributed by atoms with van der Waals surface area (Å²) in [5, 5.41) is 11.7. The molecule has 6 nitrogen and oxygen atoms in total. The summed E-state index contributed by atoms with van der Waals surface area (Å²) >= 11 is 0. The Labute approximate surface area is 118 Å². The largest absolute Gasteiger partial charge is 0.496 e. The van der Waals surface area contributed by atoms with Crippen molar-refractivity contribution in [3.63, 3.8) is 0 Å². The van der Waals surface area contributed by atoms with E-state index in [9.17, 15) is 9.59 Å². The Morgan fingerprint density at radius 3 is 2.55 bits per heavy atom. The lowest BCUT2D eigenvalue weighted by atomic mass is 10.2. The van der Waals surface area contributed by atoms with Crippen molar-refractivity contribution < 1.29 is 19.4 Å². The maximum Gasteiger partial charge on any atom is 0.326 e. The maximum atomic E-state index is 12.0. The molecule has 1 atom stereocenters. The normalized spacial score (nSPS) is 11.6. The minimum atomic E-state index is -1.02. The highest BCUT2D eigenvalue weighted by atomic mass is 16.5. The number of anilines is 1. The summed E-state index contributed by atoms with van der Waals surface area (Å²) in [6, 6.07) is 3.93. The first kappa shape index (κ1) is 15.8. The van der Waals surface area contributed by atoms with Gasteiger partial charge < -0.3 is 20.1 Å². The van der Waals surface area contributed by atoms with E-state index >= 15 is 0 Å². The van der Waals surface area contributed by atoms with Gasteiger partial charge in [-0.15, -0.1) is 0 Å². The monoisotopic (exact) mass is 280 g/mol. The predicted molar refractivity (Wildman–Crippen MR) is 76.2 cm³/mol. The topological polar surface area (TPSA) is 78.9 Å². The van der Waals surface area contributed by atoms with E-state index in [1.807, 2.05) is 6.92 Å². The molecular weight excluding hydrogens is 260 g/mol. The molecule has 1 rings (SSSR count). The number of benzene rings is 1. The molecule has 0 fully saturated rings. The Balaban J connectivity index is 2.80. The van der Waals surface area contributed by atoms with Crippen molar-refractivity contribution >= 4 is 17.7 Å². The number of rotatable bonds is 5. The Bertz CT molecular complexity index is 502. The van der Waals surface area contributed by atoms with Gasteiger partial charge in [0.25, 0.3) is 0 Å². The number of ether oxygens (including phenoxy) is 1. The first-order valence-corrected chi connectivity index (χ1v) is 6.32. The molecule has 0 aliphatic carbocycles. The number of carboxylic acids is 1. The van der Waals surface area contributed by atoms with Gasteiger partial charge in [0.2, 0.25) is 0 Å². The standard InChI is InChI=1S/C14H20N2O4/c1-5-11(13(17)18)16(3)14(19)15-10-6-7-12(20-4)9(2)8-10/h6-8,11H,5H2,1-4H3,(H,15,19)(H,17,18). The molecule has 0 aliphatic rings. The number of carboxylic acid groups (broad SMARTS) is 1. The van der Waals surface area contributed by atoms with E-state index in [0.29, 0.717) is 12.1 Å². The van der Waals surface area contributed by atoms with Crippen LogP contribution in [-0.4, -0.2) is 42.2 Å². The summed E-state index contributed by atoms with van der Waals surface area (Å²) in [4.78, 5) is 24.2. The van der Waals surface area contributed by atoms with Crippen LogP contribution in [0.15, 0.2) is 18.2 Å². The fourth-order valence-corrected chi connectivity index (χ4v) is 1.92. The summed E-state index contributed by atoms with van der Waals surface area (Å²) in [6.45, 7) is 3.59. The number of methoxy groups -OCH3 is 1. The highest BCUT2D eigenvalue weighted by Crippen LogP contribution is 2.21.